The highest BCUT2D eigenvalue weighted by Crippen LogP contribution is 2.32. The third-order valence-corrected chi connectivity index (χ3v) is 7.19. The monoisotopic (exact) mass is 517 g/mol. The van der Waals surface area contributed by atoms with Crippen molar-refractivity contribution in [3.05, 3.63) is 71.5 Å². The summed E-state index contributed by atoms with van der Waals surface area (Å²) in [4.78, 5) is 12.5. The Bertz CT molecular complexity index is 1540. The van der Waals surface area contributed by atoms with E-state index in [2.05, 4.69) is 15.5 Å². The smallest absolute Gasteiger partial charge is 0.297 e. The van der Waals surface area contributed by atoms with Crippen LogP contribution < -0.4 is 10.5 Å². The van der Waals surface area contributed by atoms with Crippen molar-refractivity contribution in [3.8, 4) is 5.69 Å². The molecule has 0 unspecified atom stereocenters. The second kappa shape index (κ2) is 9.72. The predicted molar refractivity (Wildman–Crippen MR) is 130 cm³/mol. The number of amides is 1. The van der Waals surface area contributed by atoms with E-state index >= 15 is 0 Å². The Kier molecular flexibility index (Phi) is 6.88. The summed E-state index contributed by atoms with van der Waals surface area (Å²) in [6, 6.07) is 15.1. The molecule has 0 fully saturated rings. The molecule has 4 rings (SSSR count). The number of thioether (sulfide) groups is 1. The lowest BCUT2D eigenvalue weighted by molar-refractivity contribution is -0.113. The molecular weight excluding hydrogens is 496 g/mol. The summed E-state index contributed by atoms with van der Waals surface area (Å²) in [5, 5.41) is 17.2. The highest BCUT2D eigenvalue weighted by atomic mass is 32.2. The van der Waals surface area contributed by atoms with Crippen molar-refractivity contribution in [1.82, 2.24) is 14.8 Å². The highest BCUT2D eigenvalue weighted by molar-refractivity contribution is 7.99. The molecular formula is C23H21F2N5O3S2. The molecule has 1 amide bonds. The SMILES string of the molecule is Cc1cc(S(N)(=O)=O)ccc1NC(=O)CSc1nnc(C(F)F)n1-c1ccc(C)c2ccccc12. The second-order valence-corrected chi connectivity index (χ2v) is 10.3. The van der Waals surface area contributed by atoms with Gasteiger partial charge in [-0.15, -0.1) is 10.2 Å². The van der Waals surface area contributed by atoms with Gasteiger partial charge in [-0.1, -0.05) is 42.1 Å². The minimum atomic E-state index is -3.87. The van der Waals surface area contributed by atoms with E-state index in [1.807, 2.05) is 37.3 Å². The summed E-state index contributed by atoms with van der Waals surface area (Å²) in [5.41, 5.74) is 2.39. The number of halogens is 2. The maximum Gasteiger partial charge on any atom is 0.297 e. The minimum absolute atomic E-state index is 0.0691. The van der Waals surface area contributed by atoms with E-state index in [-0.39, 0.29) is 15.8 Å². The molecule has 182 valence electrons. The molecule has 0 aliphatic heterocycles. The maximum atomic E-state index is 13.8. The number of nitrogens with zero attached hydrogens (tertiary/aromatic N) is 3. The Labute approximate surface area is 204 Å². The first kappa shape index (κ1) is 24.8. The van der Waals surface area contributed by atoms with Gasteiger partial charge >= 0.3 is 0 Å². The number of nitrogens with two attached hydrogens (primary N) is 1. The fourth-order valence-electron chi connectivity index (χ4n) is 3.64. The third kappa shape index (κ3) is 5.19. The average molecular weight is 518 g/mol. The standard InChI is InChI=1S/C23H21F2N5O3S2/c1-13-7-10-19(17-6-4-3-5-16(13)17)30-22(21(24)25)28-29-23(30)34-12-20(31)27-18-9-8-15(11-14(18)2)35(26,32)33/h3-11,21H,12H2,1-2H3,(H,27,31)(H2,26,32,33). The number of sulfonamides is 1. The zero-order valence-corrected chi connectivity index (χ0v) is 20.3. The number of benzene rings is 3. The van der Waals surface area contributed by atoms with Gasteiger partial charge in [0.15, 0.2) is 5.16 Å². The van der Waals surface area contributed by atoms with Gasteiger partial charge in [-0.3, -0.25) is 9.36 Å². The summed E-state index contributed by atoms with van der Waals surface area (Å²) in [6.45, 7) is 3.56. The fourth-order valence-corrected chi connectivity index (χ4v) is 4.99. The lowest BCUT2D eigenvalue weighted by atomic mass is 10.0. The molecule has 0 aliphatic rings. The number of primary sulfonamides is 1. The molecule has 4 aromatic rings. The Hall–Kier alpha value is -3.35. The van der Waals surface area contributed by atoms with Crippen molar-refractivity contribution in [2.24, 2.45) is 5.14 Å². The zero-order valence-electron chi connectivity index (χ0n) is 18.7. The molecule has 8 nitrogen and oxygen atoms in total. The van der Waals surface area contributed by atoms with E-state index in [0.29, 0.717) is 16.9 Å². The second-order valence-electron chi connectivity index (χ2n) is 7.78. The lowest BCUT2D eigenvalue weighted by Gasteiger charge is -2.14. The number of hydrogen-bond acceptors (Lipinski definition) is 6. The van der Waals surface area contributed by atoms with Crippen molar-refractivity contribution >= 4 is 44.2 Å². The molecule has 0 saturated heterocycles. The van der Waals surface area contributed by atoms with Gasteiger partial charge in [0.25, 0.3) is 6.43 Å². The van der Waals surface area contributed by atoms with E-state index < -0.39 is 28.2 Å². The summed E-state index contributed by atoms with van der Waals surface area (Å²) in [7, 11) is -3.87. The van der Waals surface area contributed by atoms with Gasteiger partial charge in [-0.2, -0.15) is 0 Å². The van der Waals surface area contributed by atoms with E-state index in [4.69, 9.17) is 5.14 Å². The number of nitrogens with one attached hydrogen (secondary N) is 1. The van der Waals surface area contributed by atoms with Gasteiger partial charge in [0.2, 0.25) is 21.8 Å². The Morgan fingerprint density at radius 1 is 1.06 bits per heavy atom. The zero-order chi connectivity index (χ0) is 25.3. The van der Waals surface area contributed by atoms with Crippen LogP contribution in [0.3, 0.4) is 0 Å². The quantitative estimate of drug-likeness (QED) is 0.352. The van der Waals surface area contributed by atoms with Crippen LogP contribution in [0.1, 0.15) is 23.4 Å². The molecule has 0 radical (unpaired) electrons. The van der Waals surface area contributed by atoms with Crippen LogP contribution in [0.5, 0.6) is 0 Å². The number of aromatic nitrogens is 3. The third-order valence-electron chi connectivity index (χ3n) is 5.35. The van der Waals surface area contributed by atoms with E-state index in [0.717, 1.165) is 28.1 Å². The maximum absolute atomic E-state index is 13.8. The Balaban J connectivity index is 1.60. The first-order valence-electron chi connectivity index (χ1n) is 10.3. The van der Waals surface area contributed by atoms with Crippen LogP contribution in [0.25, 0.3) is 16.5 Å². The van der Waals surface area contributed by atoms with Gasteiger partial charge in [0.05, 0.1) is 16.3 Å². The molecule has 0 bridgehead atoms. The van der Waals surface area contributed by atoms with Crippen molar-refractivity contribution in [3.63, 3.8) is 0 Å². The molecule has 3 N–H and O–H groups in total. The lowest BCUT2D eigenvalue weighted by Crippen LogP contribution is -2.16. The largest absolute Gasteiger partial charge is 0.325 e. The number of anilines is 1. The normalized spacial score (nSPS) is 11.8. The summed E-state index contributed by atoms with van der Waals surface area (Å²) in [5.74, 6) is -1.08. The van der Waals surface area contributed by atoms with E-state index in [9.17, 15) is 22.0 Å². The van der Waals surface area contributed by atoms with Crippen molar-refractivity contribution in [2.75, 3.05) is 11.1 Å². The molecule has 0 atom stereocenters. The fraction of sp³-hybridized carbons (Fsp3) is 0.174. The first-order valence-corrected chi connectivity index (χ1v) is 12.9. The molecule has 35 heavy (non-hydrogen) atoms. The highest BCUT2D eigenvalue weighted by Gasteiger charge is 2.24. The summed E-state index contributed by atoms with van der Waals surface area (Å²) >= 11 is 0.962. The van der Waals surface area contributed by atoms with E-state index in [1.54, 1.807) is 13.0 Å². The average Bonchev–Trinajstić information content (AvgIpc) is 3.23. The van der Waals surface area contributed by atoms with Crippen molar-refractivity contribution < 1.29 is 22.0 Å². The number of fused-ring (bicyclic) bond motifs is 1. The van der Waals surface area contributed by atoms with Crippen LogP contribution in [-0.2, 0) is 14.8 Å². The number of aryl methyl sites for hydroxylation is 2. The Morgan fingerprint density at radius 2 is 1.77 bits per heavy atom. The van der Waals surface area contributed by atoms with Crippen molar-refractivity contribution in [2.45, 2.75) is 30.3 Å². The molecule has 0 saturated carbocycles. The van der Waals surface area contributed by atoms with Gasteiger partial charge in [0, 0.05) is 11.1 Å². The van der Waals surface area contributed by atoms with Crippen LogP contribution in [-0.4, -0.2) is 34.8 Å². The van der Waals surface area contributed by atoms with Gasteiger partial charge in [0.1, 0.15) is 0 Å². The minimum Gasteiger partial charge on any atom is -0.325 e. The Morgan fingerprint density at radius 3 is 2.43 bits per heavy atom. The number of hydrogen-bond donors (Lipinski definition) is 2. The van der Waals surface area contributed by atoms with Crippen LogP contribution in [0.4, 0.5) is 14.5 Å². The van der Waals surface area contributed by atoms with E-state index in [1.165, 1.54) is 22.8 Å². The number of carbonyl (C=O) groups is 1. The van der Waals surface area contributed by atoms with Crippen LogP contribution in [0.15, 0.2) is 64.6 Å². The van der Waals surface area contributed by atoms with Gasteiger partial charge in [-0.25, -0.2) is 22.3 Å². The molecule has 12 heteroatoms. The molecule has 3 aromatic carbocycles. The predicted octanol–water partition coefficient (Wildman–Crippen LogP) is 4.35. The van der Waals surface area contributed by atoms with Gasteiger partial charge in [-0.05, 0) is 54.6 Å². The number of rotatable bonds is 7. The summed E-state index contributed by atoms with van der Waals surface area (Å²) in [6.07, 6.45) is -2.87. The molecule has 1 heterocycles. The number of carbonyl (C=O) groups excluding carboxylic acids is 1. The molecule has 0 spiro atoms. The van der Waals surface area contributed by atoms with Crippen LogP contribution in [0.2, 0.25) is 0 Å². The van der Waals surface area contributed by atoms with Crippen LogP contribution >= 0.6 is 11.8 Å². The van der Waals surface area contributed by atoms with Crippen molar-refractivity contribution in [1.29, 1.82) is 0 Å². The summed E-state index contributed by atoms with van der Waals surface area (Å²) < 4.78 is 51.8. The molecule has 0 aliphatic carbocycles. The topological polar surface area (TPSA) is 120 Å². The number of alkyl halides is 2. The molecule has 1 aromatic heterocycles. The van der Waals surface area contributed by atoms with Crippen LogP contribution in [0, 0.1) is 13.8 Å². The van der Waals surface area contributed by atoms with Gasteiger partial charge < -0.3 is 5.32 Å². The first-order chi connectivity index (χ1) is 16.6.